The predicted octanol–water partition coefficient (Wildman–Crippen LogP) is 2.31. The first-order valence-electron chi connectivity index (χ1n) is 11.1. The molecule has 12 nitrogen and oxygen atoms in total. The van der Waals surface area contributed by atoms with Gasteiger partial charge in [-0.05, 0) is 48.7 Å². The van der Waals surface area contributed by atoms with Crippen molar-refractivity contribution in [1.82, 2.24) is 4.90 Å². The molecule has 2 aromatic carbocycles. The van der Waals surface area contributed by atoms with Gasteiger partial charge in [0.15, 0.2) is 27.3 Å². The van der Waals surface area contributed by atoms with Gasteiger partial charge < -0.3 is 31.4 Å². The molecule has 0 radical (unpaired) electrons. The van der Waals surface area contributed by atoms with Crippen LogP contribution in [0.3, 0.4) is 0 Å². The molecule has 2 aromatic rings. The van der Waals surface area contributed by atoms with E-state index in [1.165, 1.54) is 26.4 Å². The van der Waals surface area contributed by atoms with Crippen LogP contribution < -0.4 is 26.3 Å². The number of nitrogens with one attached hydrogen (secondary N) is 2. The molecule has 15 heteroatoms. The van der Waals surface area contributed by atoms with E-state index >= 15 is 0 Å². The first-order valence-corrected chi connectivity index (χ1v) is 13.5. The van der Waals surface area contributed by atoms with E-state index in [-0.39, 0.29) is 48.0 Å². The van der Waals surface area contributed by atoms with E-state index in [1.807, 2.05) is 0 Å². The predicted molar refractivity (Wildman–Crippen MR) is 144 cm³/mol. The number of guanidine groups is 1. The van der Waals surface area contributed by atoms with Crippen LogP contribution in [-0.2, 0) is 26.0 Å². The van der Waals surface area contributed by atoms with Crippen LogP contribution in [0.1, 0.15) is 18.4 Å². The molecular weight excluding hydrogens is 561 g/mol. The second-order valence-electron chi connectivity index (χ2n) is 8.08. The van der Waals surface area contributed by atoms with Crippen LogP contribution >= 0.6 is 23.2 Å². The number of methoxy groups -OCH3 is 2. The number of nitrogens with two attached hydrogens (primary N) is 2. The summed E-state index contributed by atoms with van der Waals surface area (Å²) in [6.45, 7) is -0.0824. The molecule has 0 aromatic heterocycles. The summed E-state index contributed by atoms with van der Waals surface area (Å²) in [5, 5.41) is 20.4. The minimum atomic E-state index is -4.31. The van der Waals surface area contributed by atoms with Gasteiger partial charge in [-0.25, -0.2) is 8.42 Å². The maximum atomic E-state index is 13.4. The van der Waals surface area contributed by atoms with Crippen molar-refractivity contribution < 1.29 is 32.6 Å². The first-order chi connectivity index (χ1) is 17.8. The van der Waals surface area contributed by atoms with Gasteiger partial charge in [-0.1, -0.05) is 23.2 Å². The highest BCUT2D eigenvalue weighted by Crippen LogP contribution is 2.40. The number of ether oxygens (including phenoxy) is 2. The summed E-state index contributed by atoms with van der Waals surface area (Å²) in [6.07, 6.45) is 0.0839. The molecule has 0 spiro atoms. The van der Waals surface area contributed by atoms with E-state index in [9.17, 15) is 18.0 Å². The number of carbonyl (C=O) groups excluding carboxylic acids is 1. The summed E-state index contributed by atoms with van der Waals surface area (Å²) in [4.78, 5) is 24.3. The number of aliphatic carboxylic acids is 1. The van der Waals surface area contributed by atoms with Crippen LogP contribution in [-0.4, -0.2) is 68.8 Å². The number of hydrogen-bond donors (Lipinski definition) is 5. The number of halogens is 2. The Morgan fingerprint density at radius 1 is 1.16 bits per heavy atom. The summed E-state index contributed by atoms with van der Waals surface area (Å²) in [7, 11) is -1.59. The number of rotatable bonds is 13. The second kappa shape index (κ2) is 13.5. The summed E-state index contributed by atoms with van der Waals surface area (Å²) in [5.74, 6) is -3.57. The van der Waals surface area contributed by atoms with Gasteiger partial charge in [-0.15, -0.1) is 0 Å². The van der Waals surface area contributed by atoms with Crippen molar-refractivity contribution in [2.75, 3.05) is 31.8 Å². The van der Waals surface area contributed by atoms with Crippen LogP contribution in [0.15, 0.2) is 35.2 Å². The molecular formula is C23H29Cl2N5O7S. The number of hydrogen-bond acceptors (Lipinski definition) is 9. The molecule has 0 aliphatic carbocycles. The number of anilines is 1. The maximum Gasteiger partial charge on any atom is 0.320 e. The number of benzene rings is 2. The molecule has 0 heterocycles. The Bertz CT molecular complexity index is 1290. The Morgan fingerprint density at radius 3 is 2.32 bits per heavy atom. The van der Waals surface area contributed by atoms with Gasteiger partial charge in [0.05, 0.1) is 24.8 Å². The van der Waals surface area contributed by atoms with E-state index in [0.29, 0.717) is 15.6 Å². The largest absolute Gasteiger partial charge is 0.493 e. The summed E-state index contributed by atoms with van der Waals surface area (Å²) in [5.41, 5.74) is 11.6. The van der Waals surface area contributed by atoms with Crippen LogP contribution in [0.4, 0.5) is 5.69 Å². The Kier molecular flexibility index (Phi) is 11.0. The number of carboxylic acids is 1. The summed E-state index contributed by atoms with van der Waals surface area (Å²) < 4.78 is 37.5. The number of sulfone groups is 1. The van der Waals surface area contributed by atoms with Crippen molar-refractivity contribution in [2.24, 2.45) is 11.5 Å². The lowest BCUT2D eigenvalue weighted by atomic mass is 10.1. The Balaban J connectivity index is 2.36. The van der Waals surface area contributed by atoms with E-state index in [4.69, 9.17) is 54.7 Å². The molecule has 0 aliphatic rings. The Morgan fingerprint density at radius 2 is 1.79 bits per heavy atom. The van der Waals surface area contributed by atoms with Crippen LogP contribution in [0.25, 0.3) is 0 Å². The zero-order valence-electron chi connectivity index (χ0n) is 20.7. The number of amides is 1. The standard InChI is InChI=1S/C23H29Cl2N5O7S/c1-36-17-5-6-18(20(21(17)37-2)29-11-13-8-14(24)10-15(25)9-13)38(34,35)12-19(31)30(23(27)28)7-3-4-16(26)22(32)33/h5-6,8-10,16,29H,3-4,7,11-12,26H2,1-2H3,(H3,27,28)(H,32,33). The van der Waals surface area contributed by atoms with Crippen molar-refractivity contribution in [3.63, 3.8) is 0 Å². The van der Waals surface area contributed by atoms with E-state index in [1.54, 1.807) is 18.2 Å². The molecule has 1 atom stereocenters. The molecule has 1 amide bonds. The van der Waals surface area contributed by atoms with Crippen LogP contribution in [0, 0.1) is 5.41 Å². The smallest absolute Gasteiger partial charge is 0.320 e. The molecule has 0 bridgehead atoms. The maximum absolute atomic E-state index is 13.4. The zero-order chi connectivity index (χ0) is 28.6. The molecule has 1 unspecified atom stereocenters. The Hall–Kier alpha value is -3.26. The normalized spacial score (nSPS) is 11.9. The highest BCUT2D eigenvalue weighted by Gasteiger charge is 2.30. The quantitative estimate of drug-likeness (QED) is 0.170. The monoisotopic (exact) mass is 589 g/mol. The van der Waals surface area contributed by atoms with E-state index in [0.717, 1.165) is 4.90 Å². The third-order valence-electron chi connectivity index (χ3n) is 5.35. The molecule has 2 rings (SSSR count). The topological polar surface area (TPSA) is 198 Å². The van der Waals surface area contributed by atoms with Crippen molar-refractivity contribution in [3.05, 3.63) is 45.9 Å². The van der Waals surface area contributed by atoms with Gasteiger partial charge in [-0.2, -0.15) is 0 Å². The number of nitrogens with zero attached hydrogens (tertiary/aromatic N) is 1. The third-order valence-corrected chi connectivity index (χ3v) is 7.43. The molecule has 0 saturated heterocycles. The minimum absolute atomic E-state index is 0.00356. The van der Waals surface area contributed by atoms with Gasteiger partial charge in [0, 0.05) is 23.1 Å². The van der Waals surface area contributed by atoms with E-state index in [2.05, 4.69) is 5.32 Å². The van der Waals surface area contributed by atoms with Crippen LogP contribution in [0.5, 0.6) is 11.5 Å². The molecule has 38 heavy (non-hydrogen) atoms. The highest BCUT2D eigenvalue weighted by molar-refractivity contribution is 7.92. The Labute approximate surface area is 230 Å². The van der Waals surface area contributed by atoms with Crippen molar-refractivity contribution in [2.45, 2.75) is 30.3 Å². The molecule has 7 N–H and O–H groups in total. The molecule has 208 valence electrons. The molecule has 0 saturated carbocycles. The summed E-state index contributed by atoms with van der Waals surface area (Å²) >= 11 is 12.1. The highest BCUT2D eigenvalue weighted by atomic mass is 35.5. The summed E-state index contributed by atoms with van der Waals surface area (Å²) in [6, 6.07) is 6.32. The van der Waals surface area contributed by atoms with E-state index < -0.39 is 39.5 Å². The minimum Gasteiger partial charge on any atom is -0.493 e. The van der Waals surface area contributed by atoms with Gasteiger partial charge >= 0.3 is 5.97 Å². The fraction of sp³-hybridized carbons (Fsp3) is 0.348. The lowest BCUT2D eigenvalue weighted by Crippen LogP contribution is -2.45. The average molecular weight is 590 g/mol. The first kappa shape index (κ1) is 31.0. The average Bonchev–Trinajstić information content (AvgIpc) is 2.82. The zero-order valence-corrected chi connectivity index (χ0v) is 23.0. The van der Waals surface area contributed by atoms with Crippen molar-refractivity contribution in [1.29, 1.82) is 5.41 Å². The van der Waals surface area contributed by atoms with Crippen molar-refractivity contribution >= 4 is 56.6 Å². The number of carboxylic acid groups (broad SMARTS) is 1. The van der Waals surface area contributed by atoms with Gasteiger partial charge in [0.25, 0.3) is 0 Å². The lowest BCUT2D eigenvalue weighted by molar-refractivity contribution is -0.138. The molecule has 0 fully saturated rings. The third kappa shape index (κ3) is 8.12. The fourth-order valence-electron chi connectivity index (χ4n) is 3.53. The van der Waals surface area contributed by atoms with Crippen molar-refractivity contribution in [3.8, 4) is 11.5 Å². The SMILES string of the molecule is COc1ccc(S(=O)(=O)CC(=O)N(CCCC(N)C(=O)O)C(=N)N)c(NCc2cc(Cl)cc(Cl)c2)c1OC. The van der Waals surface area contributed by atoms with Gasteiger partial charge in [0.2, 0.25) is 5.91 Å². The van der Waals surface area contributed by atoms with Gasteiger partial charge in [-0.3, -0.25) is 19.9 Å². The van der Waals surface area contributed by atoms with Crippen LogP contribution in [0.2, 0.25) is 10.0 Å². The molecule has 0 aliphatic heterocycles. The van der Waals surface area contributed by atoms with Gasteiger partial charge in [0.1, 0.15) is 11.8 Å². The lowest BCUT2D eigenvalue weighted by Gasteiger charge is -2.22. The second-order valence-corrected chi connectivity index (χ2v) is 10.9. The number of carbonyl (C=O) groups is 2. The fourth-order valence-corrected chi connectivity index (χ4v) is 5.49.